The maximum Gasteiger partial charge on any atom is 0.325 e. The molecule has 8 heteroatoms. The van der Waals surface area contributed by atoms with Gasteiger partial charge >= 0.3 is 6.03 Å². The van der Waals surface area contributed by atoms with Gasteiger partial charge in [-0.3, -0.25) is 14.7 Å². The van der Waals surface area contributed by atoms with Gasteiger partial charge in [-0.15, -0.1) is 11.3 Å². The van der Waals surface area contributed by atoms with E-state index in [1.807, 2.05) is 29.6 Å². The Hall–Kier alpha value is -3.57. The molecule has 0 radical (unpaired) electrons. The minimum Gasteiger partial charge on any atom is -0.319 e. The van der Waals surface area contributed by atoms with Crippen LogP contribution in [0, 0.1) is 11.3 Å². The van der Waals surface area contributed by atoms with Crippen LogP contribution in [0.25, 0.3) is 10.7 Å². The van der Waals surface area contributed by atoms with Crippen LogP contribution in [-0.2, 0) is 16.9 Å². The Morgan fingerprint density at radius 1 is 1.21 bits per heavy atom. The minimum atomic E-state index is -1.18. The largest absolute Gasteiger partial charge is 0.325 e. The number of hydrogen-bond acceptors (Lipinski definition) is 6. The minimum absolute atomic E-state index is 0.0832. The van der Waals surface area contributed by atoms with E-state index in [2.05, 4.69) is 15.3 Å². The molecule has 3 heterocycles. The summed E-state index contributed by atoms with van der Waals surface area (Å²) < 4.78 is 0. The first-order valence-corrected chi connectivity index (χ1v) is 9.40. The van der Waals surface area contributed by atoms with E-state index < -0.39 is 11.6 Å². The van der Waals surface area contributed by atoms with Gasteiger partial charge in [0, 0.05) is 11.6 Å². The van der Waals surface area contributed by atoms with E-state index in [0.29, 0.717) is 16.8 Å². The van der Waals surface area contributed by atoms with Crippen LogP contribution in [0.2, 0.25) is 0 Å². The lowest BCUT2D eigenvalue weighted by Crippen LogP contribution is -2.40. The number of imide groups is 1. The predicted octanol–water partition coefficient (Wildman–Crippen LogP) is 3.04. The molecular weight excluding hydrogens is 374 g/mol. The van der Waals surface area contributed by atoms with E-state index >= 15 is 0 Å². The first-order chi connectivity index (χ1) is 13.5. The van der Waals surface area contributed by atoms with Gasteiger partial charge in [0.25, 0.3) is 5.91 Å². The van der Waals surface area contributed by atoms with Crippen LogP contribution in [0.1, 0.15) is 23.7 Å². The maximum absolute atomic E-state index is 13.0. The van der Waals surface area contributed by atoms with Crippen LogP contribution in [0.4, 0.5) is 4.79 Å². The zero-order valence-corrected chi connectivity index (χ0v) is 15.7. The third-order valence-electron chi connectivity index (χ3n) is 4.62. The molecule has 0 aliphatic carbocycles. The summed E-state index contributed by atoms with van der Waals surface area (Å²) in [6, 6.07) is 13.8. The first-order valence-electron chi connectivity index (χ1n) is 8.52. The van der Waals surface area contributed by atoms with Gasteiger partial charge in [-0.2, -0.15) is 5.26 Å². The van der Waals surface area contributed by atoms with Crippen molar-refractivity contribution in [1.82, 2.24) is 20.2 Å². The fourth-order valence-electron chi connectivity index (χ4n) is 3.06. The van der Waals surface area contributed by atoms with Crippen LogP contribution < -0.4 is 5.32 Å². The zero-order chi connectivity index (χ0) is 19.7. The lowest BCUT2D eigenvalue weighted by Gasteiger charge is -2.22. The Morgan fingerprint density at radius 3 is 2.68 bits per heavy atom. The highest BCUT2D eigenvalue weighted by molar-refractivity contribution is 7.13. The van der Waals surface area contributed by atoms with Crippen LogP contribution in [0.3, 0.4) is 0 Å². The number of thiazole rings is 1. The van der Waals surface area contributed by atoms with Crippen molar-refractivity contribution in [2.24, 2.45) is 0 Å². The molecule has 0 saturated carbocycles. The predicted molar refractivity (Wildman–Crippen MR) is 103 cm³/mol. The fourth-order valence-corrected chi connectivity index (χ4v) is 3.85. The summed E-state index contributed by atoms with van der Waals surface area (Å²) in [6.07, 6.45) is 1.69. The number of nitrogens with one attached hydrogen (secondary N) is 1. The standard InChI is InChI=1S/C20H15N5O2S/c1-20(14-7-5-13(10-21)6-8-14)18(26)25(19(27)24-20)11-15-12-28-17(23-15)16-4-2-3-9-22-16/h2-9,12H,11H2,1H3,(H,24,27). The number of nitriles is 1. The van der Waals surface area contributed by atoms with Gasteiger partial charge in [0.15, 0.2) is 0 Å². The van der Waals surface area contributed by atoms with Crippen molar-refractivity contribution in [3.63, 3.8) is 0 Å². The van der Waals surface area contributed by atoms with Gasteiger partial charge in [0.1, 0.15) is 10.5 Å². The second-order valence-corrected chi connectivity index (χ2v) is 7.35. The summed E-state index contributed by atoms with van der Waals surface area (Å²) in [5, 5.41) is 14.3. The molecule has 0 spiro atoms. The van der Waals surface area contributed by atoms with Crippen molar-refractivity contribution in [1.29, 1.82) is 5.26 Å². The molecule has 1 unspecified atom stereocenters. The van der Waals surface area contributed by atoms with Crippen molar-refractivity contribution in [3.8, 4) is 16.8 Å². The van der Waals surface area contributed by atoms with E-state index in [1.165, 1.54) is 11.3 Å². The highest BCUT2D eigenvalue weighted by Crippen LogP contribution is 2.30. The number of nitrogens with zero attached hydrogens (tertiary/aromatic N) is 4. The normalized spacial score (nSPS) is 18.8. The Balaban J connectivity index is 1.56. The maximum atomic E-state index is 13.0. The molecule has 28 heavy (non-hydrogen) atoms. The third-order valence-corrected chi connectivity index (χ3v) is 5.54. The highest BCUT2D eigenvalue weighted by atomic mass is 32.1. The van der Waals surface area contributed by atoms with Crippen molar-refractivity contribution < 1.29 is 9.59 Å². The van der Waals surface area contributed by atoms with Gasteiger partial charge in [-0.25, -0.2) is 9.78 Å². The molecule has 1 atom stereocenters. The van der Waals surface area contributed by atoms with Crippen LogP contribution >= 0.6 is 11.3 Å². The molecule has 4 rings (SSSR count). The quantitative estimate of drug-likeness (QED) is 0.692. The van der Waals surface area contributed by atoms with Crippen LogP contribution in [0.15, 0.2) is 54.0 Å². The van der Waals surface area contributed by atoms with Crippen LogP contribution in [-0.4, -0.2) is 26.8 Å². The SMILES string of the molecule is CC1(c2ccc(C#N)cc2)NC(=O)N(Cc2csc(-c3ccccn3)n2)C1=O. The number of carbonyl (C=O) groups excluding carboxylic acids is 2. The van der Waals surface area contributed by atoms with Gasteiger partial charge in [0.05, 0.1) is 29.6 Å². The Kier molecular flexibility index (Phi) is 4.37. The lowest BCUT2D eigenvalue weighted by molar-refractivity contribution is -0.131. The smallest absolute Gasteiger partial charge is 0.319 e. The molecule has 7 nitrogen and oxygen atoms in total. The third kappa shape index (κ3) is 3.02. The van der Waals surface area contributed by atoms with Crippen molar-refractivity contribution in [2.45, 2.75) is 19.0 Å². The number of aromatic nitrogens is 2. The van der Waals surface area contributed by atoms with E-state index in [0.717, 1.165) is 15.6 Å². The Morgan fingerprint density at radius 2 is 2.00 bits per heavy atom. The van der Waals surface area contributed by atoms with Crippen LogP contribution in [0.5, 0.6) is 0 Å². The van der Waals surface area contributed by atoms with E-state index in [9.17, 15) is 9.59 Å². The number of hydrogen-bond donors (Lipinski definition) is 1. The van der Waals surface area contributed by atoms with Crippen molar-refractivity contribution in [2.75, 3.05) is 0 Å². The number of benzene rings is 1. The first kappa shape index (κ1) is 17.8. The van der Waals surface area contributed by atoms with Gasteiger partial charge in [-0.05, 0) is 36.8 Å². The zero-order valence-electron chi connectivity index (χ0n) is 14.9. The summed E-state index contributed by atoms with van der Waals surface area (Å²) in [7, 11) is 0. The molecule has 0 bridgehead atoms. The molecule has 1 aliphatic heterocycles. The fraction of sp³-hybridized carbons (Fsp3) is 0.150. The van der Waals surface area contributed by atoms with Gasteiger partial charge in [-0.1, -0.05) is 18.2 Å². The average molecular weight is 389 g/mol. The molecule has 3 amide bonds. The van der Waals surface area contributed by atoms with E-state index in [-0.39, 0.29) is 12.5 Å². The summed E-state index contributed by atoms with van der Waals surface area (Å²) >= 11 is 1.41. The molecular formula is C20H15N5O2S. The van der Waals surface area contributed by atoms with E-state index in [1.54, 1.807) is 37.4 Å². The molecule has 138 valence electrons. The summed E-state index contributed by atoms with van der Waals surface area (Å²) in [5.74, 6) is -0.352. The van der Waals surface area contributed by atoms with Gasteiger partial charge in [0.2, 0.25) is 0 Å². The second-order valence-electron chi connectivity index (χ2n) is 6.49. The number of pyridine rings is 1. The number of urea groups is 1. The molecule has 1 saturated heterocycles. The van der Waals surface area contributed by atoms with E-state index in [4.69, 9.17) is 5.26 Å². The molecule has 1 aliphatic rings. The van der Waals surface area contributed by atoms with Crippen molar-refractivity contribution >= 4 is 23.3 Å². The lowest BCUT2D eigenvalue weighted by atomic mass is 9.91. The summed E-state index contributed by atoms with van der Waals surface area (Å²) in [5.41, 5.74) is 1.31. The molecule has 3 aromatic rings. The summed E-state index contributed by atoms with van der Waals surface area (Å²) in [4.78, 5) is 35.4. The monoisotopic (exact) mass is 389 g/mol. The molecule has 1 aromatic carbocycles. The number of carbonyl (C=O) groups is 2. The second kappa shape index (κ2) is 6.87. The molecule has 2 aromatic heterocycles. The molecule has 1 fully saturated rings. The Labute approximate surface area is 165 Å². The molecule has 1 N–H and O–H groups in total. The average Bonchev–Trinajstić information content (AvgIpc) is 3.28. The topological polar surface area (TPSA) is 99.0 Å². The number of rotatable bonds is 4. The number of amides is 3. The summed E-state index contributed by atoms with van der Waals surface area (Å²) in [6.45, 7) is 1.74. The van der Waals surface area contributed by atoms with Crippen molar-refractivity contribution in [3.05, 3.63) is 70.9 Å². The van der Waals surface area contributed by atoms with Gasteiger partial charge < -0.3 is 5.32 Å². The Bertz CT molecular complexity index is 1090. The highest BCUT2D eigenvalue weighted by Gasteiger charge is 2.49.